The maximum atomic E-state index is 11.0. The molecule has 2 rings (SSSR count). The molecule has 2 heteroatoms. The standard InChI is InChI=1S/C15H14O2/c16-15(17)14-9-5-4-8-13(14)11-10-12-6-2-1-3-7-12/h4-6,8-9H,1-3,7H2,(H,16,17). The summed E-state index contributed by atoms with van der Waals surface area (Å²) < 4.78 is 0. The van der Waals surface area contributed by atoms with Crippen LogP contribution in [0.5, 0.6) is 0 Å². The zero-order valence-corrected chi connectivity index (χ0v) is 9.57. The topological polar surface area (TPSA) is 37.3 Å². The first kappa shape index (κ1) is 11.5. The van der Waals surface area contributed by atoms with Gasteiger partial charge in [0.05, 0.1) is 5.56 Å². The molecule has 1 aliphatic carbocycles. The van der Waals surface area contributed by atoms with Crippen molar-refractivity contribution in [2.75, 3.05) is 0 Å². The Balaban J connectivity index is 2.27. The Labute approximate surface area is 101 Å². The zero-order chi connectivity index (χ0) is 12.1. The average molecular weight is 226 g/mol. The second-order valence-corrected chi connectivity index (χ2v) is 4.08. The molecule has 0 heterocycles. The highest BCUT2D eigenvalue weighted by atomic mass is 16.4. The van der Waals surface area contributed by atoms with Crippen LogP contribution >= 0.6 is 0 Å². The Morgan fingerprint density at radius 1 is 1.18 bits per heavy atom. The molecule has 0 fully saturated rings. The summed E-state index contributed by atoms with van der Waals surface area (Å²) in [5.41, 5.74) is 2.00. The van der Waals surface area contributed by atoms with E-state index in [-0.39, 0.29) is 5.56 Å². The van der Waals surface area contributed by atoms with Crippen LogP contribution in [-0.4, -0.2) is 11.1 Å². The molecule has 0 bridgehead atoms. The summed E-state index contributed by atoms with van der Waals surface area (Å²) >= 11 is 0. The van der Waals surface area contributed by atoms with E-state index in [0.29, 0.717) is 5.56 Å². The predicted molar refractivity (Wildman–Crippen MR) is 66.8 cm³/mol. The first-order valence-electron chi connectivity index (χ1n) is 5.81. The highest BCUT2D eigenvalue weighted by molar-refractivity contribution is 5.90. The summed E-state index contributed by atoms with van der Waals surface area (Å²) in [6, 6.07) is 6.86. The molecule has 0 amide bonds. The van der Waals surface area contributed by atoms with Crippen LogP contribution in [0.2, 0.25) is 0 Å². The first-order chi connectivity index (χ1) is 8.27. The molecule has 17 heavy (non-hydrogen) atoms. The molecule has 0 aromatic heterocycles. The van der Waals surface area contributed by atoms with Crippen LogP contribution in [0.25, 0.3) is 0 Å². The number of hydrogen-bond acceptors (Lipinski definition) is 1. The normalized spacial score (nSPS) is 14.5. The first-order valence-corrected chi connectivity index (χ1v) is 5.81. The Morgan fingerprint density at radius 2 is 2.00 bits per heavy atom. The van der Waals surface area contributed by atoms with Gasteiger partial charge < -0.3 is 5.11 Å². The van der Waals surface area contributed by atoms with Crippen molar-refractivity contribution in [2.45, 2.75) is 25.7 Å². The SMILES string of the molecule is O=C(O)c1ccccc1C#CC1=CCCCC1. The third-order valence-electron chi connectivity index (χ3n) is 2.81. The van der Waals surface area contributed by atoms with Gasteiger partial charge in [-0.3, -0.25) is 0 Å². The molecule has 0 saturated carbocycles. The summed E-state index contributed by atoms with van der Waals surface area (Å²) in [7, 11) is 0. The molecule has 1 aromatic rings. The molecule has 1 aromatic carbocycles. The van der Waals surface area contributed by atoms with Crippen molar-refractivity contribution in [1.29, 1.82) is 0 Å². The molecule has 2 nitrogen and oxygen atoms in total. The smallest absolute Gasteiger partial charge is 0.336 e. The predicted octanol–water partition coefficient (Wildman–Crippen LogP) is 3.24. The molecule has 0 aliphatic heterocycles. The summed E-state index contributed by atoms with van der Waals surface area (Å²) in [6.07, 6.45) is 6.67. The second kappa shape index (κ2) is 5.36. The number of benzene rings is 1. The van der Waals surface area contributed by atoms with E-state index in [2.05, 4.69) is 17.9 Å². The lowest BCUT2D eigenvalue weighted by atomic mass is 9.99. The van der Waals surface area contributed by atoms with E-state index >= 15 is 0 Å². The van der Waals surface area contributed by atoms with E-state index in [9.17, 15) is 4.79 Å². The molecule has 0 radical (unpaired) electrons. The summed E-state index contributed by atoms with van der Waals surface area (Å²) in [6.45, 7) is 0. The van der Waals surface area contributed by atoms with Crippen molar-refractivity contribution in [1.82, 2.24) is 0 Å². The number of aromatic carboxylic acids is 1. The van der Waals surface area contributed by atoms with Crippen LogP contribution in [0.15, 0.2) is 35.9 Å². The molecular formula is C15H14O2. The van der Waals surface area contributed by atoms with Gasteiger partial charge in [0.25, 0.3) is 0 Å². The van der Waals surface area contributed by atoms with Crippen molar-refractivity contribution >= 4 is 5.97 Å². The largest absolute Gasteiger partial charge is 0.478 e. The maximum absolute atomic E-state index is 11.0. The second-order valence-electron chi connectivity index (χ2n) is 4.08. The van der Waals surface area contributed by atoms with Gasteiger partial charge in [-0.2, -0.15) is 0 Å². The van der Waals surface area contributed by atoms with Crippen LogP contribution < -0.4 is 0 Å². The Hall–Kier alpha value is -2.01. The van der Waals surface area contributed by atoms with Crippen molar-refractivity contribution in [3.05, 3.63) is 47.0 Å². The van der Waals surface area contributed by atoms with Gasteiger partial charge in [0.2, 0.25) is 0 Å². The van der Waals surface area contributed by atoms with E-state index in [1.165, 1.54) is 12.8 Å². The molecule has 0 unspecified atom stereocenters. The van der Waals surface area contributed by atoms with Gasteiger partial charge in [-0.15, -0.1) is 0 Å². The third-order valence-corrected chi connectivity index (χ3v) is 2.81. The van der Waals surface area contributed by atoms with Crippen LogP contribution in [-0.2, 0) is 0 Å². The van der Waals surface area contributed by atoms with Crippen LogP contribution in [0, 0.1) is 11.8 Å². The summed E-state index contributed by atoms with van der Waals surface area (Å²) in [5.74, 6) is 5.12. The summed E-state index contributed by atoms with van der Waals surface area (Å²) in [4.78, 5) is 11.0. The molecule has 0 saturated heterocycles. The Morgan fingerprint density at radius 3 is 2.71 bits per heavy atom. The van der Waals surface area contributed by atoms with Crippen LogP contribution in [0.3, 0.4) is 0 Å². The number of carbonyl (C=O) groups is 1. The van der Waals surface area contributed by atoms with Gasteiger partial charge in [0.1, 0.15) is 0 Å². The van der Waals surface area contributed by atoms with Crippen molar-refractivity contribution in [2.24, 2.45) is 0 Å². The van der Waals surface area contributed by atoms with Crippen molar-refractivity contribution in [3.8, 4) is 11.8 Å². The fraction of sp³-hybridized carbons (Fsp3) is 0.267. The van der Waals surface area contributed by atoms with Gasteiger partial charge in [-0.1, -0.05) is 30.0 Å². The van der Waals surface area contributed by atoms with Crippen molar-refractivity contribution in [3.63, 3.8) is 0 Å². The molecule has 1 N–H and O–H groups in total. The minimum Gasteiger partial charge on any atom is -0.478 e. The van der Waals surface area contributed by atoms with Gasteiger partial charge >= 0.3 is 5.97 Å². The minimum absolute atomic E-state index is 0.274. The van der Waals surface area contributed by atoms with Gasteiger partial charge in [0.15, 0.2) is 0 Å². The molecular weight excluding hydrogens is 212 g/mol. The van der Waals surface area contributed by atoms with E-state index < -0.39 is 5.97 Å². The fourth-order valence-electron chi connectivity index (χ4n) is 1.88. The van der Waals surface area contributed by atoms with Crippen molar-refractivity contribution < 1.29 is 9.90 Å². The number of hydrogen-bond donors (Lipinski definition) is 1. The molecule has 86 valence electrons. The van der Waals surface area contributed by atoms with Gasteiger partial charge in [0, 0.05) is 5.56 Å². The lowest BCUT2D eigenvalue weighted by Crippen LogP contribution is -1.99. The van der Waals surface area contributed by atoms with E-state index in [4.69, 9.17) is 5.11 Å². The Kier molecular flexibility index (Phi) is 3.62. The highest BCUT2D eigenvalue weighted by Crippen LogP contribution is 2.16. The monoisotopic (exact) mass is 226 g/mol. The van der Waals surface area contributed by atoms with E-state index in [1.807, 2.05) is 6.07 Å². The van der Waals surface area contributed by atoms with Gasteiger partial charge in [-0.05, 0) is 43.4 Å². The quantitative estimate of drug-likeness (QED) is 0.746. The highest BCUT2D eigenvalue weighted by Gasteiger charge is 2.06. The minimum atomic E-state index is -0.924. The zero-order valence-electron chi connectivity index (χ0n) is 9.57. The summed E-state index contributed by atoms with van der Waals surface area (Å²) in [5, 5.41) is 9.02. The Bertz CT molecular complexity index is 515. The lowest BCUT2D eigenvalue weighted by Gasteiger charge is -2.05. The average Bonchev–Trinajstić information content (AvgIpc) is 2.38. The number of allylic oxidation sites excluding steroid dienone is 2. The molecule has 0 spiro atoms. The molecule has 1 aliphatic rings. The maximum Gasteiger partial charge on any atom is 0.336 e. The van der Waals surface area contributed by atoms with Crippen LogP contribution in [0.1, 0.15) is 41.6 Å². The lowest BCUT2D eigenvalue weighted by molar-refractivity contribution is 0.0696. The fourth-order valence-corrected chi connectivity index (χ4v) is 1.88. The number of carboxylic acids is 1. The van der Waals surface area contributed by atoms with Gasteiger partial charge in [-0.25, -0.2) is 4.79 Å². The third kappa shape index (κ3) is 2.98. The van der Waals surface area contributed by atoms with E-state index in [0.717, 1.165) is 18.4 Å². The van der Waals surface area contributed by atoms with E-state index in [1.54, 1.807) is 18.2 Å². The molecule has 0 atom stereocenters. The number of carboxylic acid groups (broad SMARTS) is 1. The number of rotatable bonds is 1. The van der Waals surface area contributed by atoms with Crippen LogP contribution in [0.4, 0.5) is 0 Å².